The van der Waals surface area contributed by atoms with Crippen molar-refractivity contribution in [3.8, 4) is 5.75 Å². The number of ether oxygens (including phenoxy) is 1. The van der Waals surface area contributed by atoms with Gasteiger partial charge in [-0.15, -0.1) is 0 Å². The van der Waals surface area contributed by atoms with E-state index in [0.717, 1.165) is 22.7 Å². The molecule has 0 amide bonds. The van der Waals surface area contributed by atoms with Crippen molar-refractivity contribution in [2.45, 2.75) is 19.4 Å². The van der Waals surface area contributed by atoms with Crippen LogP contribution in [-0.2, 0) is 13.5 Å². The molecule has 1 atom stereocenters. The van der Waals surface area contributed by atoms with Gasteiger partial charge in [0.2, 0.25) is 0 Å². The van der Waals surface area contributed by atoms with Crippen LogP contribution in [0.15, 0.2) is 24.5 Å². The number of rotatable bonds is 4. The van der Waals surface area contributed by atoms with E-state index >= 15 is 0 Å². The minimum absolute atomic E-state index is 0.150. The molecule has 1 aromatic heterocycles. The van der Waals surface area contributed by atoms with Crippen LogP contribution >= 0.6 is 0 Å². The SMILES string of the molecule is COc1cc(C)ccc1C(N)Cc1ncnn1C. The summed E-state index contributed by atoms with van der Waals surface area (Å²) in [6.07, 6.45) is 2.17. The highest BCUT2D eigenvalue weighted by atomic mass is 16.5. The molecule has 0 spiro atoms. The predicted molar refractivity (Wildman–Crippen MR) is 69.4 cm³/mol. The van der Waals surface area contributed by atoms with Gasteiger partial charge >= 0.3 is 0 Å². The molecule has 5 nitrogen and oxygen atoms in total. The molecular weight excluding hydrogens is 228 g/mol. The van der Waals surface area contributed by atoms with Gasteiger partial charge in [0, 0.05) is 25.1 Å². The number of hydrogen-bond donors (Lipinski definition) is 1. The van der Waals surface area contributed by atoms with E-state index < -0.39 is 0 Å². The van der Waals surface area contributed by atoms with Crippen LogP contribution in [0.3, 0.4) is 0 Å². The Morgan fingerprint density at radius 2 is 2.22 bits per heavy atom. The molecule has 2 rings (SSSR count). The van der Waals surface area contributed by atoms with Gasteiger partial charge in [0.15, 0.2) is 0 Å². The molecule has 0 fully saturated rings. The van der Waals surface area contributed by atoms with E-state index in [0.29, 0.717) is 6.42 Å². The second kappa shape index (κ2) is 5.18. The molecule has 0 aliphatic rings. The van der Waals surface area contributed by atoms with Crippen LogP contribution in [0.5, 0.6) is 5.75 Å². The average Bonchev–Trinajstić information content (AvgIpc) is 2.74. The van der Waals surface area contributed by atoms with E-state index in [1.54, 1.807) is 11.8 Å². The third-order valence-electron chi connectivity index (χ3n) is 3.00. The average molecular weight is 246 g/mol. The highest BCUT2D eigenvalue weighted by Gasteiger charge is 2.15. The first-order valence-corrected chi connectivity index (χ1v) is 5.85. The van der Waals surface area contributed by atoms with E-state index in [9.17, 15) is 0 Å². The number of nitrogens with zero attached hydrogens (tertiary/aromatic N) is 3. The molecule has 0 aliphatic heterocycles. The fraction of sp³-hybridized carbons (Fsp3) is 0.385. The number of methoxy groups -OCH3 is 1. The zero-order valence-corrected chi connectivity index (χ0v) is 10.9. The smallest absolute Gasteiger partial charge is 0.138 e. The van der Waals surface area contributed by atoms with Crippen LogP contribution in [0.25, 0.3) is 0 Å². The lowest BCUT2D eigenvalue weighted by Crippen LogP contribution is -2.17. The van der Waals surface area contributed by atoms with Gasteiger partial charge in [-0.2, -0.15) is 5.10 Å². The Hall–Kier alpha value is -1.88. The molecule has 2 aromatic rings. The zero-order valence-electron chi connectivity index (χ0n) is 10.9. The van der Waals surface area contributed by atoms with E-state index in [2.05, 4.69) is 10.1 Å². The molecule has 0 aliphatic carbocycles. The number of aryl methyl sites for hydroxylation is 2. The first kappa shape index (κ1) is 12.6. The van der Waals surface area contributed by atoms with Gasteiger partial charge in [-0.05, 0) is 18.6 Å². The van der Waals surface area contributed by atoms with Crippen LogP contribution in [-0.4, -0.2) is 21.9 Å². The molecule has 0 radical (unpaired) electrons. The van der Waals surface area contributed by atoms with Crippen LogP contribution in [0.1, 0.15) is 23.0 Å². The maximum absolute atomic E-state index is 6.22. The summed E-state index contributed by atoms with van der Waals surface area (Å²) in [6.45, 7) is 2.03. The van der Waals surface area contributed by atoms with Crippen molar-refractivity contribution in [3.63, 3.8) is 0 Å². The summed E-state index contributed by atoms with van der Waals surface area (Å²) < 4.78 is 7.11. The summed E-state index contributed by atoms with van der Waals surface area (Å²) in [5, 5.41) is 4.04. The third kappa shape index (κ3) is 2.51. The predicted octanol–water partition coefficient (Wildman–Crippen LogP) is 1.37. The Labute approximate surface area is 107 Å². The Bertz CT molecular complexity index is 536. The summed E-state index contributed by atoms with van der Waals surface area (Å²) in [6, 6.07) is 5.89. The summed E-state index contributed by atoms with van der Waals surface area (Å²) in [4.78, 5) is 4.19. The summed E-state index contributed by atoms with van der Waals surface area (Å²) in [5.74, 6) is 1.69. The van der Waals surface area contributed by atoms with Crippen LogP contribution in [0, 0.1) is 6.92 Å². The van der Waals surface area contributed by atoms with Gasteiger partial charge in [-0.3, -0.25) is 4.68 Å². The van der Waals surface area contributed by atoms with Crippen molar-refractivity contribution >= 4 is 0 Å². The van der Waals surface area contributed by atoms with Gasteiger partial charge in [0.1, 0.15) is 17.9 Å². The number of nitrogens with two attached hydrogens (primary N) is 1. The van der Waals surface area contributed by atoms with Gasteiger partial charge in [0.05, 0.1) is 7.11 Å². The second-order valence-electron chi connectivity index (χ2n) is 4.36. The second-order valence-corrected chi connectivity index (χ2v) is 4.36. The fourth-order valence-electron chi connectivity index (χ4n) is 1.94. The topological polar surface area (TPSA) is 66.0 Å². The van der Waals surface area contributed by atoms with Crippen molar-refractivity contribution in [3.05, 3.63) is 41.5 Å². The number of benzene rings is 1. The van der Waals surface area contributed by atoms with Gasteiger partial charge in [-0.1, -0.05) is 12.1 Å². The molecular formula is C13H18N4O. The van der Waals surface area contributed by atoms with E-state index in [-0.39, 0.29) is 6.04 Å². The minimum Gasteiger partial charge on any atom is -0.496 e. The molecule has 18 heavy (non-hydrogen) atoms. The molecule has 0 saturated carbocycles. The lowest BCUT2D eigenvalue weighted by Gasteiger charge is -2.15. The Balaban J connectivity index is 2.23. The maximum atomic E-state index is 6.22. The quantitative estimate of drug-likeness (QED) is 0.885. The lowest BCUT2D eigenvalue weighted by molar-refractivity contribution is 0.404. The van der Waals surface area contributed by atoms with E-state index in [1.807, 2.05) is 32.2 Å². The molecule has 2 N–H and O–H groups in total. The molecule has 1 unspecified atom stereocenters. The molecule has 1 aromatic carbocycles. The zero-order chi connectivity index (χ0) is 13.1. The van der Waals surface area contributed by atoms with E-state index in [1.165, 1.54) is 6.33 Å². The lowest BCUT2D eigenvalue weighted by atomic mass is 10.0. The summed E-state index contributed by atoms with van der Waals surface area (Å²) in [7, 11) is 3.52. The van der Waals surface area contributed by atoms with Crippen molar-refractivity contribution in [1.82, 2.24) is 14.8 Å². The molecule has 96 valence electrons. The fourth-order valence-corrected chi connectivity index (χ4v) is 1.94. The monoisotopic (exact) mass is 246 g/mol. The highest BCUT2D eigenvalue weighted by Crippen LogP contribution is 2.26. The largest absolute Gasteiger partial charge is 0.496 e. The summed E-state index contributed by atoms with van der Waals surface area (Å²) in [5.41, 5.74) is 8.37. The van der Waals surface area contributed by atoms with Crippen LogP contribution in [0.2, 0.25) is 0 Å². The Kier molecular flexibility index (Phi) is 3.62. The van der Waals surface area contributed by atoms with Gasteiger partial charge in [-0.25, -0.2) is 4.98 Å². The van der Waals surface area contributed by atoms with Crippen molar-refractivity contribution < 1.29 is 4.74 Å². The molecule has 1 heterocycles. The first-order valence-electron chi connectivity index (χ1n) is 5.85. The first-order chi connectivity index (χ1) is 8.61. The molecule has 5 heteroatoms. The van der Waals surface area contributed by atoms with Crippen molar-refractivity contribution in [2.75, 3.05) is 7.11 Å². The summed E-state index contributed by atoms with van der Waals surface area (Å²) >= 11 is 0. The van der Waals surface area contributed by atoms with Crippen molar-refractivity contribution in [1.29, 1.82) is 0 Å². The van der Waals surface area contributed by atoms with E-state index in [4.69, 9.17) is 10.5 Å². The van der Waals surface area contributed by atoms with Gasteiger partial charge in [0.25, 0.3) is 0 Å². The number of aromatic nitrogens is 3. The standard InChI is InChI=1S/C13H18N4O/c1-9-4-5-10(12(6-9)18-3)11(14)7-13-15-8-16-17(13)2/h4-6,8,11H,7,14H2,1-3H3. The van der Waals surface area contributed by atoms with Crippen LogP contribution < -0.4 is 10.5 Å². The van der Waals surface area contributed by atoms with Crippen LogP contribution in [0.4, 0.5) is 0 Å². The number of hydrogen-bond acceptors (Lipinski definition) is 4. The minimum atomic E-state index is -0.150. The maximum Gasteiger partial charge on any atom is 0.138 e. The van der Waals surface area contributed by atoms with Gasteiger partial charge < -0.3 is 10.5 Å². The van der Waals surface area contributed by atoms with Crippen molar-refractivity contribution in [2.24, 2.45) is 12.8 Å². The Morgan fingerprint density at radius 1 is 1.44 bits per heavy atom. The molecule has 0 saturated heterocycles. The highest BCUT2D eigenvalue weighted by molar-refractivity contribution is 5.39. The molecule has 0 bridgehead atoms. The normalized spacial score (nSPS) is 12.4. The Morgan fingerprint density at radius 3 is 2.83 bits per heavy atom. The third-order valence-corrected chi connectivity index (χ3v) is 3.00.